The molecule has 0 bridgehead atoms. The maximum Gasteiger partial charge on any atom is 0.297 e. The molecule has 116 valence electrons. The monoisotopic (exact) mass is 385 g/mol. The molecule has 0 aromatic carbocycles. The van der Waals surface area contributed by atoms with E-state index in [0.717, 1.165) is 30.2 Å². The summed E-state index contributed by atoms with van der Waals surface area (Å²) in [5, 5.41) is 8.29. The van der Waals surface area contributed by atoms with E-state index in [-0.39, 0.29) is 18.3 Å². The summed E-state index contributed by atoms with van der Waals surface area (Å²) in [4.78, 5) is 12.8. The van der Waals surface area contributed by atoms with Crippen molar-refractivity contribution in [3.63, 3.8) is 0 Å². The molecular formula is C12H13BrClN7O. The fraction of sp³-hybridized carbons (Fsp3) is 0.417. The van der Waals surface area contributed by atoms with Gasteiger partial charge in [-0.25, -0.2) is 9.50 Å². The van der Waals surface area contributed by atoms with E-state index in [0.29, 0.717) is 17.4 Å². The lowest BCUT2D eigenvalue weighted by atomic mass is 9.99. The van der Waals surface area contributed by atoms with E-state index in [4.69, 9.17) is 10.3 Å². The van der Waals surface area contributed by atoms with E-state index in [2.05, 4.69) is 41.1 Å². The SMILES string of the molecule is Cl.NC1(c2noc(-c3nc4ncc(Br)cn4n3)n2)CCCC1. The Bertz CT molecular complexity index is 811. The second kappa shape index (κ2) is 5.56. The smallest absolute Gasteiger partial charge is 0.297 e. The van der Waals surface area contributed by atoms with Gasteiger partial charge in [0, 0.05) is 12.4 Å². The molecule has 0 saturated heterocycles. The van der Waals surface area contributed by atoms with Crippen LogP contribution in [0.15, 0.2) is 21.4 Å². The molecule has 0 radical (unpaired) electrons. The fourth-order valence-corrected chi connectivity index (χ4v) is 2.89. The molecule has 1 aliphatic rings. The quantitative estimate of drug-likeness (QED) is 0.718. The Kier molecular flexibility index (Phi) is 3.87. The zero-order chi connectivity index (χ0) is 14.4. The van der Waals surface area contributed by atoms with Crippen LogP contribution in [0.2, 0.25) is 0 Å². The summed E-state index contributed by atoms with van der Waals surface area (Å²) in [5.74, 6) is 1.61. The second-order valence-corrected chi connectivity index (χ2v) is 6.15. The zero-order valence-corrected chi connectivity index (χ0v) is 13.8. The molecule has 1 aliphatic carbocycles. The van der Waals surface area contributed by atoms with Gasteiger partial charge in [0.05, 0.1) is 10.0 Å². The van der Waals surface area contributed by atoms with Crippen LogP contribution in [0.3, 0.4) is 0 Å². The molecule has 1 saturated carbocycles. The maximum absolute atomic E-state index is 6.32. The molecule has 2 N–H and O–H groups in total. The number of aromatic nitrogens is 6. The highest BCUT2D eigenvalue weighted by molar-refractivity contribution is 9.10. The lowest BCUT2D eigenvalue weighted by molar-refractivity contribution is 0.372. The predicted molar refractivity (Wildman–Crippen MR) is 83.4 cm³/mol. The van der Waals surface area contributed by atoms with Gasteiger partial charge in [-0.2, -0.15) is 9.97 Å². The van der Waals surface area contributed by atoms with Crippen molar-refractivity contribution in [1.82, 2.24) is 29.7 Å². The average molecular weight is 387 g/mol. The molecule has 0 atom stereocenters. The van der Waals surface area contributed by atoms with Gasteiger partial charge in [-0.1, -0.05) is 18.0 Å². The minimum absolute atomic E-state index is 0. The molecule has 3 aromatic rings. The highest BCUT2D eigenvalue weighted by Crippen LogP contribution is 2.35. The van der Waals surface area contributed by atoms with Crippen molar-refractivity contribution in [2.24, 2.45) is 5.73 Å². The third-order valence-electron chi connectivity index (χ3n) is 3.72. The average Bonchev–Trinajstić information content (AvgIpc) is 3.15. The summed E-state index contributed by atoms with van der Waals surface area (Å²) in [6.45, 7) is 0. The van der Waals surface area contributed by atoms with Gasteiger partial charge in [0.2, 0.25) is 5.82 Å². The Morgan fingerprint density at radius 3 is 2.82 bits per heavy atom. The van der Waals surface area contributed by atoms with Crippen molar-refractivity contribution in [3.8, 4) is 11.7 Å². The summed E-state index contributed by atoms with van der Waals surface area (Å²) in [7, 11) is 0. The number of nitrogens with zero attached hydrogens (tertiary/aromatic N) is 6. The fourth-order valence-electron chi connectivity index (χ4n) is 2.60. The van der Waals surface area contributed by atoms with Crippen molar-refractivity contribution < 1.29 is 4.52 Å². The molecule has 10 heteroatoms. The van der Waals surface area contributed by atoms with Crippen LogP contribution in [0.5, 0.6) is 0 Å². The Morgan fingerprint density at radius 1 is 1.27 bits per heavy atom. The van der Waals surface area contributed by atoms with E-state index in [1.54, 1.807) is 16.9 Å². The number of halogens is 2. The van der Waals surface area contributed by atoms with Gasteiger partial charge in [0.15, 0.2) is 5.82 Å². The first-order valence-corrected chi connectivity index (χ1v) is 7.45. The van der Waals surface area contributed by atoms with Crippen LogP contribution in [-0.4, -0.2) is 29.7 Å². The lowest BCUT2D eigenvalue weighted by Gasteiger charge is -2.17. The van der Waals surface area contributed by atoms with Crippen molar-refractivity contribution in [2.45, 2.75) is 31.2 Å². The first-order valence-electron chi connectivity index (χ1n) is 6.65. The number of fused-ring (bicyclic) bond motifs is 1. The summed E-state index contributed by atoms with van der Waals surface area (Å²) in [6, 6.07) is 0. The van der Waals surface area contributed by atoms with Crippen molar-refractivity contribution in [3.05, 3.63) is 22.7 Å². The van der Waals surface area contributed by atoms with Crippen LogP contribution >= 0.6 is 28.3 Å². The third kappa shape index (κ3) is 2.49. The van der Waals surface area contributed by atoms with Crippen LogP contribution in [0.1, 0.15) is 31.5 Å². The number of hydrogen-bond donors (Lipinski definition) is 1. The summed E-state index contributed by atoms with van der Waals surface area (Å²) in [5.41, 5.74) is 5.83. The Balaban J connectivity index is 0.00000144. The number of rotatable bonds is 2. The van der Waals surface area contributed by atoms with Crippen molar-refractivity contribution >= 4 is 34.1 Å². The van der Waals surface area contributed by atoms with Gasteiger partial charge in [-0.05, 0) is 28.8 Å². The molecule has 3 heterocycles. The summed E-state index contributed by atoms with van der Waals surface area (Å²) >= 11 is 3.33. The van der Waals surface area contributed by atoms with E-state index in [9.17, 15) is 0 Å². The summed E-state index contributed by atoms with van der Waals surface area (Å²) in [6.07, 6.45) is 7.34. The Morgan fingerprint density at radius 2 is 2.05 bits per heavy atom. The van der Waals surface area contributed by atoms with Crippen LogP contribution in [-0.2, 0) is 5.54 Å². The van der Waals surface area contributed by atoms with Gasteiger partial charge in [-0.15, -0.1) is 17.5 Å². The Hall–Kier alpha value is -1.58. The minimum atomic E-state index is -0.484. The first kappa shape index (κ1) is 15.3. The van der Waals surface area contributed by atoms with Crippen LogP contribution < -0.4 is 5.73 Å². The zero-order valence-electron chi connectivity index (χ0n) is 11.4. The Labute approximate surface area is 140 Å². The molecule has 3 aromatic heterocycles. The number of nitrogens with two attached hydrogens (primary N) is 1. The van der Waals surface area contributed by atoms with Crippen molar-refractivity contribution in [2.75, 3.05) is 0 Å². The molecular weight excluding hydrogens is 374 g/mol. The van der Waals surface area contributed by atoms with Gasteiger partial charge in [0.1, 0.15) is 0 Å². The second-order valence-electron chi connectivity index (χ2n) is 5.24. The summed E-state index contributed by atoms with van der Waals surface area (Å²) < 4.78 is 7.63. The molecule has 0 spiro atoms. The van der Waals surface area contributed by atoms with Crippen LogP contribution in [0.25, 0.3) is 17.5 Å². The molecule has 0 amide bonds. The normalized spacial score (nSPS) is 16.8. The maximum atomic E-state index is 6.32. The topological polar surface area (TPSA) is 108 Å². The minimum Gasteiger partial charge on any atom is -0.330 e. The molecule has 1 fully saturated rings. The highest BCUT2D eigenvalue weighted by atomic mass is 79.9. The highest BCUT2D eigenvalue weighted by Gasteiger charge is 2.36. The first-order chi connectivity index (χ1) is 10.1. The predicted octanol–water partition coefficient (Wildman–Crippen LogP) is 2.09. The molecule has 0 unspecified atom stereocenters. The van der Waals surface area contributed by atoms with E-state index >= 15 is 0 Å². The molecule has 22 heavy (non-hydrogen) atoms. The molecule has 8 nitrogen and oxygen atoms in total. The van der Waals surface area contributed by atoms with Gasteiger partial charge >= 0.3 is 0 Å². The van der Waals surface area contributed by atoms with Gasteiger partial charge < -0.3 is 10.3 Å². The molecule has 0 aliphatic heterocycles. The molecule has 4 rings (SSSR count). The standard InChI is InChI=1S/C12H12BrN7O.ClH/c13-7-5-15-11-16-8(18-20(11)6-7)9-17-10(19-21-9)12(14)3-1-2-4-12;/h5-6H,1-4,14H2;1H. The van der Waals surface area contributed by atoms with E-state index in [1.165, 1.54) is 0 Å². The van der Waals surface area contributed by atoms with Gasteiger partial charge in [0.25, 0.3) is 11.7 Å². The van der Waals surface area contributed by atoms with Gasteiger partial charge in [-0.3, -0.25) is 0 Å². The van der Waals surface area contributed by atoms with E-state index < -0.39 is 5.54 Å². The largest absolute Gasteiger partial charge is 0.330 e. The van der Waals surface area contributed by atoms with Crippen LogP contribution in [0.4, 0.5) is 0 Å². The van der Waals surface area contributed by atoms with E-state index in [1.807, 2.05) is 0 Å². The lowest BCUT2D eigenvalue weighted by Crippen LogP contribution is -2.34. The number of hydrogen-bond acceptors (Lipinski definition) is 7. The van der Waals surface area contributed by atoms with Crippen molar-refractivity contribution in [1.29, 1.82) is 0 Å². The van der Waals surface area contributed by atoms with Crippen LogP contribution in [0, 0.1) is 0 Å². The third-order valence-corrected chi connectivity index (χ3v) is 4.13.